The predicted molar refractivity (Wildman–Crippen MR) is 271 cm³/mol. The number of hydrogen-bond acceptors (Lipinski definition) is 10. The molecule has 0 saturated heterocycles. The zero-order chi connectivity index (χ0) is 45.7. The van der Waals surface area contributed by atoms with Gasteiger partial charge in [0.05, 0.1) is 39.6 Å². The van der Waals surface area contributed by atoms with E-state index in [1.165, 1.54) is 0 Å². The number of allylic oxidation sites excluding steroid dienone is 6. The second-order valence-corrected chi connectivity index (χ2v) is 15.4. The maximum absolute atomic E-state index is 6.14. The molecule has 0 amide bonds. The van der Waals surface area contributed by atoms with Crippen molar-refractivity contribution < 1.29 is 28.4 Å². The summed E-state index contributed by atoms with van der Waals surface area (Å²) in [7, 11) is 0. The minimum Gasteiger partial charge on any atom is -0.493 e. The van der Waals surface area contributed by atoms with Crippen LogP contribution in [0.1, 0.15) is 77.0 Å². The largest absolute Gasteiger partial charge is 0.493 e. The van der Waals surface area contributed by atoms with E-state index in [0.29, 0.717) is 59.3 Å². The van der Waals surface area contributed by atoms with Gasteiger partial charge in [0, 0.05) is 111 Å². The first-order valence-corrected chi connectivity index (χ1v) is 23.3. The van der Waals surface area contributed by atoms with Crippen molar-refractivity contribution in [2.75, 3.05) is 94.9 Å². The Morgan fingerprint density at radius 1 is 0.328 bits per heavy atom. The van der Waals surface area contributed by atoms with Crippen LogP contribution >= 0.6 is 0 Å². The molecule has 0 spiro atoms. The molecule has 10 heteroatoms. The summed E-state index contributed by atoms with van der Waals surface area (Å²) in [5.41, 5.74) is 2.85. The van der Waals surface area contributed by atoms with E-state index in [2.05, 4.69) is 60.3 Å². The Morgan fingerprint density at radius 3 is 0.719 bits per heavy atom. The summed E-state index contributed by atoms with van der Waals surface area (Å²) in [6, 6.07) is 18.2. The quantitative estimate of drug-likeness (QED) is 0.0377. The van der Waals surface area contributed by atoms with Crippen LogP contribution in [-0.4, -0.2) is 83.8 Å². The zero-order valence-corrected chi connectivity index (χ0v) is 38.8. The van der Waals surface area contributed by atoms with E-state index < -0.39 is 0 Å². The lowest BCUT2D eigenvalue weighted by Crippen LogP contribution is -2.36. The third-order valence-corrected chi connectivity index (χ3v) is 9.84. The number of rotatable bonds is 42. The summed E-state index contributed by atoms with van der Waals surface area (Å²) in [5, 5.41) is 11.0. The molecule has 0 saturated carbocycles. The average Bonchev–Trinajstić information content (AvgIpc) is 3.29. The van der Waals surface area contributed by atoms with Gasteiger partial charge in [0.2, 0.25) is 0 Å². The van der Waals surface area contributed by atoms with Crippen LogP contribution in [0.5, 0.6) is 34.5 Å². The van der Waals surface area contributed by atoms with Crippen molar-refractivity contribution in [2.24, 2.45) is 0 Å². The monoisotopic (exact) mass is 879 g/mol. The van der Waals surface area contributed by atoms with Crippen LogP contribution < -0.4 is 44.4 Å². The van der Waals surface area contributed by atoms with Crippen molar-refractivity contribution in [3.8, 4) is 34.5 Å². The topological polar surface area (TPSA) is 94.7 Å². The molecule has 0 aliphatic carbocycles. The fourth-order valence-electron chi connectivity index (χ4n) is 6.44. The molecular weight excluding hydrogens is 801 g/mol. The molecular formula is C54H78N4O6. The minimum atomic E-state index is 0.611. The van der Waals surface area contributed by atoms with Crippen molar-refractivity contribution in [1.29, 1.82) is 0 Å². The average molecular weight is 879 g/mol. The van der Waals surface area contributed by atoms with Crippen molar-refractivity contribution in [1.82, 2.24) is 4.90 Å². The van der Waals surface area contributed by atoms with Gasteiger partial charge in [-0.05, 0) is 77.0 Å². The van der Waals surface area contributed by atoms with Gasteiger partial charge < -0.3 is 44.4 Å². The Balaban J connectivity index is 1.77. The van der Waals surface area contributed by atoms with Crippen molar-refractivity contribution in [2.45, 2.75) is 77.0 Å². The molecule has 10 nitrogen and oxygen atoms in total. The molecule has 0 heterocycles. The third-order valence-electron chi connectivity index (χ3n) is 9.84. The van der Waals surface area contributed by atoms with Crippen LogP contribution in [0.3, 0.4) is 0 Å². The fourth-order valence-corrected chi connectivity index (χ4v) is 6.44. The lowest BCUT2D eigenvalue weighted by Gasteiger charge is -2.24. The summed E-state index contributed by atoms with van der Waals surface area (Å²) in [5.74, 6) is 4.69. The van der Waals surface area contributed by atoms with E-state index >= 15 is 0 Å². The summed E-state index contributed by atoms with van der Waals surface area (Å²) in [6.07, 6.45) is 22.4. The molecule has 3 aromatic carbocycles. The first-order valence-electron chi connectivity index (χ1n) is 23.3. The molecule has 0 radical (unpaired) electrons. The van der Waals surface area contributed by atoms with E-state index in [1.807, 2.05) is 91.1 Å². The molecule has 64 heavy (non-hydrogen) atoms. The number of unbranched alkanes of at least 4 members (excludes halogenated alkanes) is 6. The molecule has 3 N–H and O–H groups in total. The Hall–Kier alpha value is -5.74. The molecule has 3 aromatic rings. The first-order chi connectivity index (χ1) is 31.5. The standard InChI is InChI=1S/C54H78N4O6/c1-7-13-19-31-59-49-37-46(38-50(43-49)60-32-20-14-8-2)55-25-28-58(29-26-56-47-39-51(61-33-21-15-9-3)44-52(40-47)62-34-22-16-10-4)30-27-57-48-41-53(63-35-23-17-11-5)45-54(42-48)64-36-24-18-12-6/h7-12,37-45,55-57H,1-6,13-36H2. The normalized spacial score (nSPS) is 10.6. The van der Waals surface area contributed by atoms with Crippen LogP contribution in [0.2, 0.25) is 0 Å². The van der Waals surface area contributed by atoms with Gasteiger partial charge in [-0.3, -0.25) is 4.90 Å². The van der Waals surface area contributed by atoms with E-state index in [4.69, 9.17) is 28.4 Å². The summed E-state index contributed by atoms with van der Waals surface area (Å²) < 4.78 is 36.8. The highest BCUT2D eigenvalue weighted by atomic mass is 16.5. The van der Waals surface area contributed by atoms with Crippen molar-refractivity contribution in [3.05, 3.63) is 131 Å². The molecule has 0 aliphatic heterocycles. The molecule has 0 aliphatic rings. The molecule has 0 fully saturated rings. The molecule has 350 valence electrons. The lowest BCUT2D eigenvalue weighted by atomic mass is 10.2. The Bertz CT molecular complexity index is 1470. The van der Waals surface area contributed by atoms with Crippen LogP contribution in [0, 0.1) is 0 Å². The predicted octanol–water partition coefficient (Wildman–Crippen LogP) is 12.7. The molecule has 0 atom stereocenters. The van der Waals surface area contributed by atoms with E-state index in [1.54, 1.807) is 0 Å². The highest BCUT2D eigenvalue weighted by Gasteiger charge is 2.11. The number of ether oxygens (including phenoxy) is 6. The summed E-state index contributed by atoms with van der Waals surface area (Å²) in [6.45, 7) is 31.2. The second kappa shape index (κ2) is 34.7. The van der Waals surface area contributed by atoms with Crippen molar-refractivity contribution >= 4 is 17.1 Å². The number of benzene rings is 3. The first kappa shape index (κ1) is 52.6. The Labute approximate surface area is 386 Å². The van der Waals surface area contributed by atoms with E-state index in [0.717, 1.165) is 148 Å². The van der Waals surface area contributed by atoms with Gasteiger partial charge in [0.15, 0.2) is 0 Å². The Morgan fingerprint density at radius 2 is 0.531 bits per heavy atom. The third kappa shape index (κ3) is 24.2. The van der Waals surface area contributed by atoms with Gasteiger partial charge in [-0.1, -0.05) is 36.5 Å². The second-order valence-electron chi connectivity index (χ2n) is 15.4. The number of hydrogen-bond donors (Lipinski definition) is 3. The maximum Gasteiger partial charge on any atom is 0.125 e. The van der Waals surface area contributed by atoms with Crippen LogP contribution in [-0.2, 0) is 0 Å². The molecule has 0 unspecified atom stereocenters. The number of nitrogens with one attached hydrogen (secondary N) is 3. The maximum atomic E-state index is 6.14. The zero-order valence-electron chi connectivity index (χ0n) is 38.8. The SMILES string of the molecule is C=CCCCOc1cc(NCCN(CCNc2cc(OCCCC=C)cc(OCCCC=C)c2)CCNc2cc(OCCCC=C)cc(OCCCC=C)c2)cc(OCCCC=C)c1. The number of anilines is 3. The summed E-state index contributed by atoms with van der Waals surface area (Å²) >= 11 is 0. The number of nitrogens with zero attached hydrogens (tertiary/aromatic N) is 1. The Kier molecular flexibility index (Phi) is 28.5. The fraction of sp³-hybridized carbons (Fsp3) is 0.444. The lowest BCUT2D eigenvalue weighted by molar-refractivity contribution is 0.296. The highest BCUT2D eigenvalue weighted by molar-refractivity contribution is 5.55. The van der Waals surface area contributed by atoms with Crippen LogP contribution in [0.25, 0.3) is 0 Å². The van der Waals surface area contributed by atoms with Gasteiger partial charge in [0.25, 0.3) is 0 Å². The van der Waals surface area contributed by atoms with Gasteiger partial charge in [-0.2, -0.15) is 0 Å². The van der Waals surface area contributed by atoms with Gasteiger partial charge in [-0.25, -0.2) is 0 Å². The van der Waals surface area contributed by atoms with Crippen LogP contribution in [0.4, 0.5) is 17.1 Å². The molecule has 0 aromatic heterocycles. The molecule has 0 bridgehead atoms. The summed E-state index contributed by atoms with van der Waals surface area (Å²) in [4.78, 5) is 2.44. The van der Waals surface area contributed by atoms with E-state index in [9.17, 15) is 0 Å². The van der Waals surface area contributed by atoms with Crippen molar-refractivity contribution in [3.63, 3.8) is 0 Å². The van der Waals surface area contributed by atoms with Gasteiger partial charge >= 0.3 is 0 Å². The minimum absolute atomic E-state index is 0.611. The highest BCUT2D eigenvalue weighted by Crippen LogP contribution is 2.29. The van der Waals surface area contributed by atoms with Gasteiger partial charge in [0.1, 0.15) is 34.5 Å². The van der Waals surface area contributed by atoms with E-state index in [-0.39, 0.29) is 0 Å². The van der Waals surface area contributed by atoms with Gasteiger partial charge in [-0.15, -0.1) is 39.5 Å². The molecule has 3 rings (SSSR count). The van der Waals surface area contributed by atoms with Crippen LogP contribution in [0.15, 0.2) is 131 Å². The smallest absolute Gasteiger partial charge is 0.125 e.